The maximum Gasteiger partial charge on any atom is 0.410 e. The van der Waals surface area contributed by atoms with Gasteiger partial charge in [-0.2, -0.15) is 13.9 Å². The SMILES string of the molecule is CC(C)c1ccnn1C1(C(=O)Nc2ccc(Cl)cc2OC(F)F)CCN(CC2(C(=O)O)CCN(C(=O)O[C@H]3CCOC3)CC2)CC1. The van der Waals surface area contributed by atoms with Crippen molar-refractivity contribution in [3.63, 3.8) is 0 Å². The van der Waals surface area contributed by atoms with Gasteiger partial charge in [0.1, 0.15) is 11.6 Å². The van der Waals surface area contributed by atoms with Gasteiger partial charge in [0.05, 0.1) is 24.3 Å². The molecule has 2 amide bonds. The number of amides is 2. The van der Waals surface area contributed by atoms with Crippen LogP contribution in [0.5, 0.6) is 5.75 Å². The first-order chi connectivity index (χ1) is 21.9. The number of alkyl halides is 2. The number of aromatic nitrogens is 2. The van der Waals surface area contributed by atoms with Gasteiger partial charge in [0.15, 0.2) is 5.75 Å². The Hall–Kier alpha value is -3.49. The second-order valence-electron chi connectivity index (χ2n) is 12.5. The lowest BCUT2D eigenvalue weighted by atomic mass is 9.76. The number of carbonyl (C=O) groups excluding carboxylic acids is 2. The fourth-order valence-electron chi connectivity index (χ4n) is 6.56. The molecule has 252 valence electrons. The van der Waals surface area contributed by atoms with Crippen LogP contribution in [0.25, 0.3) is 0 Å². The Kier molecular flexibility index (Phi) is 10.4. The maximum absolute atomic E-state index is 14.2. The van der Waals surface area contributed by atoms with Crippen LogP contribution in [0.1, 0.15) is 57.6 Å². The molecule has 2 aromatic rings. The normalized spacial score (nSPS) is 21.4. The number of rotatable bonds is 10. The van der Waals surface area contributed by atoms with E-state index in [-0.39, 0.29) is 73.8 Å². The number of carboxylic acids is 1. The molecule has 0 unspecified atom stereocenters. The second-order valence-corrected chi connectivity index (χ2v) is 13.0. The zero-order chi connectivity index (χ0) is 33.1. The van der Waals surface area contributed by atoms with Gasteiger partial charge in [-0.05, 0) is 49.8 Å². The molecule has 3 aliphatic heterocycles. The van der Waals surface area contributed by atoms with Gasteiger partial charge in [0, 0.05) is 62.1 Å². The summed E-state index contributed by atoms with van der Waals surface area (Å²) < 4.78 is 43.5. The van der Waals surface area contributed by atoms with Crippen molar-refractivity contribution in [3.05, 3.63) is 41.2 Å². The minimum atomic E-state index is -3.12. The third-order valence-electron chi connectivity index (χ3n) is 9.30. The third-order valence-corrected chi connectivity index (χ3v) is 9.53. The number of anilines is 1. The van der Waals surface area contributed by atoms with E-state index in [9.17, 15) is 28.3 Å². The van der Waals surface area contributed by atoms with Crippen molar-refractivity contribution in [3.8, 4) is 5.75 Å². The molecule has 12 nitrogen and oxygen atoms in total. The van der Waals surface area contributed by atoms with Crippen LogP contribution in [0.2, 0.25) is 5.02 Å². The highest BCUT2D eigenvalue weighted by Gasteiger charge is 2.49. The van der Waals surface area contributed by atoms with E-state index in [1.807, 2.05) is 24.8 Å². The van der Waals surface area contributed by atoms with E-state index in [4.69, 9.17) is 21.1 Å². The molecule has 0 spiro atoms. The fourth-order valence-corrected chi connectivity index (χ4v) is 6.73. The number of halogens is 3. The lowest BCUT2D eigenvalue weighted by molar-refractivity contribution is -0.154. The van der Waals surface area contributed by atoms with E-state index in [1.165, 1.54) is 18.2 Å². The van der Waals surface area contributed by atoms with Crippen LogP contribution in [0.15, 0.2) is 30.5 Å². The molecule has 4 heterocycles. The van der Waals surface area contributed by atoms with Crippen LogP contribution in [0.4, 0.5) is 19.3 Å². The standard InChI is InChI=1S/C31H40ClF2N5O7/c1-20(2)24-5-11-35-39(24)31(26(40)36-23-4-3-21(32)17-25(23)46-28(33)34)9-12-37(13-10-31)19-30(27(41)42)7-14-38(15-8-30)29(43)45-22-6-16-44-18-22/h3-5,11,17,20,22,28H,6-10,12-16,18-19H2,1-2H3,(H,36,40)(H,41,42)/t22-/m0/s1. The summed E-state index contributed by atoms with van der Waals surface area (Å²) in [4.78, 5) is 43.1. The molecule has 1 aromatic carbocycles. The number of carboxylic acid groups (broad SMARTS) is 1. The predicted molar refractivity (Wildman–Crippen MR) is 163 cm³/mol. The molecule has 1 aromatic heterocycles. The van der Waals surface area contributed by atoms with Crippen molar-refractivity contribution >= 4 is 35.3 Å². The van der Waals surface area contributed by atoms with E-state index in [0.717, 1.165) is 5.69 Å². The summed E-state index contributed by atoms with van der Waals surface area (Å²) in [5.41, 5.74) is -1.39. The first-order valence-electron chi connectivity index (χ1n) is 15.5. The highest BCUT2D eigenvalue weighted by Crippen LogP contribution is 2.39. The molecule has 1 atom stereocenters. The van der Waals surface area contributed by atoms with Crippen LogP contribution in [-0.4, -0.2) is 101 Å². The van der Waals surface area contributed by atoms with Gasteiger partial charge in [-0.15, -0.1) is 0 Å². The first-order valence-corrected chi connectivity index (χ1v) is 15.9. The minimum Gasteiger partial charge on any atom is -0.481 e. The van der Waals surface area contributed by atoms with Crippen LogP contribution < -0.4 is 10.1 Å². The number of ether oxygens (including phenoxy) is 3. The smallest absolute Gasteiger partial charge is 0.410 e. The number of benzene rings is 1. The molecule has 3 fully saturated rings. The zero-order valence-corrected chi connectivity index (χ0v) is 26.7. The van der Waals surface area contributed by atoms with Crippen molar-refractivity contribution < 1.29 is 42.5 Å². The Labute approximate surface area is 270 Å². The Bertz CT molecular complexity index is 1400. The Balaban J connectivity index is 1.31. The predicted octanol–water partition coefficient (Wildman–Crippen LogP) is 4.78. The van der Waals surface area contributed by atoms with Crippen LogP contribution in [-0.2, 0) is 24.6 Å². The Morgan fingerprint density at radius 3 is 2.46 bits per heavy atom. The molecule has 0 radical (unpaired) electrons. The molecule has 15 heteroatoms. The minimum absolute atomic E-state index is 0.0341. The van der Waals surface area contributed by atoms with Crippen molar-refractivity contribution in [1.29, 1.82) is 0 Å². The average molecular weight is 668 g/mol. The van der Waals surface area contributed by atoms with Gasteiger partial charge in [-0.25, -0.2) is 4.79 Å². The maximum atomic E-state index is 14.2. The summed E-state index contributed by atoms with van der Waals surface area (Å²) in [6.07, 6.45) is 2.65. The number of nitrogens with zero attached hydrogens (tertiary/aromatic N) is 4. The van der Waals surface area contributed by atoms with E-state index in [1.54, 1.807) is 15.8 Å². The molecular weight excluding hydrogens is 628 g/mol. The molecule has 46 heavy (non-hydrogen) atoms. The van der Waals surface area contributed by atoms with Crippen molar-refractivity contribution in [2.45, 2.75) is 70.1 Å². The van der Waals surface area contributed by atoms with E-state index in [2.05, 4.69) is 15.2 Å². The van der Waals surface area contributed by atoms with Gasteiger partial charge in [-0.3, -0.25) is 14.3 Å². The monoisotopic (exact) mass is 667 g/mol. The largest absolute Gasteiger partial charge is 0.481 e. The van der Waals surface area contributed by atoms with Crippen molar-refractivity contribution in [2.24, 2.45) is 5.41 Å². The third kappa shape index (κ3) is 7.23. The van der Waals surface area contributed by atoms with E-state index >= 15 is 0 Å². The number of hydrogen-bond acceptors (Lipinski definition) is 8. The molecule has 0 aliphatic carbocycles. The molecule has 2 N–H and O–H groups in total. The van der Waals surface area contributed by atoms with Crippen LogP contribution in [0, 0.1) is 5.41 Å². The Morgan fingerprint density at radius 1 is 1.13 bits per heavy atom. The van der Waals surface area contributed by atoms with E-state index < -0.39 is 35.5 Å². The summed E-state index contributed by atoms with van der Waals surface area (Å²) in [5, 5.41) is 17.8. The number of piperidine rings is 2. The molecule has 5 rings (SSSR count). The summed E-state index contributed by atoms with van der Waals surface area (Å²) >= 11 is 6.01. The number of carbonyl (C=O) groups is 3. The van der Waals surface area contributed by atoms with Crippen LogP contribution in [0.3, 0.4) is 0 Å². The number of nitrogens with one attached hydrogen (secondary N) is 1. The van der Waals surface area contributed by atoms with Gasteiger partial charge in [0.25, 0.3) is 5.91 Å². The molecular formula is C31H40ClF2N5O7. The van der Waals surface area contributed by atoms with Gasteiger partial charge in [0.2, 0.25) is 0 Å². The van der Waals surface area contributed by atoms with Crippen LogP contribution >= 0.6 is 11.6 Å². The highest BCUT2D eigenvalue weighted by molar-refractivity contribution is 6.30. The number of likely N-dealkylation sites (tertiary alicyclic amines) is 2. The van der Waals surface area contributed by atoms with Crippen molar-refractivity contribution in [2.75, 3.05) is 51.3 Å². The van der Waals surface area contributed by atoms with E-state index in [0.29, 0.717) is 32.7 Å². The fraction of sp³-hybridized carbons (Fsp3) is 0.613. The summed E-state index contributed by atoms with van der Waals surface area (Å²) in [6, 6.07) is 5.94. The van der Waals surface area contributed by atoms with Gasteiger partial charge < -0.3 is 34.4 Å². The summed E-state index contributed by atoms with van der Waals surface area (Å²) in [5.74, 6) is -1.61. The lowest BCUT2D eigenvalue weighted by Gasteiger charge is -2.46. The average Bonchev–Trinajstić information content (AvgIpc) is 3.72. The molecule has 3 saturated heterocycles. The highest BCUT2D eigenvalue weighted by atomic mass is 35.5. The molecule has 3 aliphatic rings. The topological polar surface area (TPSA) is 135 Å². The number of aliphatic carboxylic acids is 1. The molecule has 0 saturated carbocycles. The Morgan fingerprint density at radius 2 is 1.85 bits per heavy atom. The number of hydrogen-bond donors (Lipinski definition) is 2. The first kappa shape index (κ1) is 33.9. The van der Waals surface area contributed by atoms with Crippen molar-refractivity contribution in [1.82, 2.24) is 19.6 Å². The zero-order valence-electron chi connectivity index (χ0n) is 25.9. The molecule has 0 bridgehead atoms. The van der Waals surface area contributed by atoms with Gasteiger partial charge in [-0.1, -0.05) is 25.4 Å². The quantitative estimate of drug-likeness (QED) is 0.367. The summed E-state index contributed by atoms with van der Waals surface area (Å²) in [7, 11) is 0. The summed E-state index contributed by atoms with van der Waals surface area (Å²) in [6.45, 7) is 3.31. The van der Waals surface area contributed by atoms with Gasteiger partial charge >= 0.3 is 18.7 Å². The lowest BCUT2D eigenvalue weighted by Crippen LogP contribution is -2.57. The second kappa shape index (κ2) is 14.1.